The molecule has 1 aromatic carbocycles. The van der Waals surface area contributed by atoms with Gasteiger partial charge in [0.1, 0.15) is 0 Å². The molecule has 0 saturated carbocycles. The fourth-order valence-corrected chi connectivity index (χ4v) is 2.42. The van der Waals surface area contributed by atoms with Crippen LogP contribution in [0.15, 0.2) is 42.5 Å². The Morgan fingerprint density at radius 2 is 2.12 bits per heavy atom. The van der Waals surface area contributed by atoms with Crippen molar-refractivity contribution in [3.63, 3.8) is 0 Å². The molecule has 17 heavy (non-hydrogen) atoms. The molecule has 0 aliphatic carbocycles. The van der Waals surface area contributed by atoms with Gasteiger partial charge in [-0.15, -0.1) is 6.42 Å². The average Bonchev–Trinajstić information content (AvgIpc) is 2.39. The molecular formula is C16H19N. The maximum atomic E-state index is 5.29. The van der Waals surface area contributed by atoms with E-state index in [-0.39, 0.29) is 0 Å². The van der Waals surface area contributed by atoms with Gasteiger partial charge in [-0.05, 0) is 31.0 Å². The van der Waals surface area contributed by atoms with Crippen molar-refractivity contribution in [3.05, 3.63) is 48.0 Å². The zero-order valence-corrected chi connectivity index (χ0v) is 10.2. The van der Waals surface area contributed by atoms with E-state index in [0.717, 1.165) is 6.54 Å². The molecule has 0 N–H and O–H groups in total. The number of likely N-dealkylation sites (tertiary alicyclic amines) is 1. The molecule has 0 bridgehead atoms. The number of allylic oxidation sites excluding steroid dienone is 1. The van der Waals surface area contributed by atoms with Crippen molar-refractivity contribution in [2.24, 2.45) is 0 Å². The largest absolute Gasteiger partial charge is 0.293 e. The van der Waals surface area contributed by atoms with Crippen molar-refractivity contribution in [3.8, 4) is 12.3 Å². The van der Waals surface area contributed by atoms with Crippen molar-refractivity contribution in [1.82, 2.24) is 4.90 Å². The molecule has 2 rings (SSSR count). The number of rotatable bonds is 3. The summed E-state index contributed by atoms with van der Waals surface area (Å²) in [5.41, 5.74) is 1.38. The van der Waals surface area contributed by atoms with Gasteiger partial charge in [0.25, 0.3) is 0 Å². The highest BCUT2D eigenvalue weighted by Crippen LogP contribution is 2.20. The Labute approximate surface area is 104 Å². The van der Waals surface area contributed by atoms with Crippen LogP contribution in [0.4, 0.5) is 0 Å². The van der Waals surface area contributed by atoms with Crippen LogP contribution in [0.25, 0.3) is 0 Å². The smallest absolute Gasteiger partial charge is 0.0290 e. The Morgan fingerprint density at radius 3 is 2.88 bits per heavy atom. The highest BCUT2D eigenvalue weighted by atomic mass is 15.2. The van der Waals surface area contributed by atoms with Crippen molar-refractivity contribution in [2.75, 3.05) is 6.54 Å². The van der Waals surface area contributed by atoms with Crippen molar-refractivity contribution in [1.29, 1.82) is 0 Å². The first kappa shape index (κ1) is 12.0. The fraction of sp³-hybridized carbons (Fsp3) is 0.375. The predicted octanol–water partition coefficient (Wildman–Crippen LogP) is 3.23. The van der Waals surface area contributed by atoms with E-state index in [9.17, 15) is 0 Å². The summed E-state index contributed by atoms with van der Waals surface area (Å²) in [5.74, 6) is 2.59. The Balaban J connectivity index is 2.02. The zero-order chi connectivity index (χ0) is 11.9. The van der Waals surface area contributed by atoms with Crippen LogP contribution in [0.5, 0.6) is 0 Å². The van der Waals surface area contributed by atoms with Crippen LogP contribution >= 0.6 is 0 Å². The number of hydrogen-bond acceptors (Lipinski definition) is 1. The van der Waals surface area contributed by atoms with E-state index in [1.807, 2.05) is 6.08 Å². The highest BCUT2D eigenvalue weighted by Gasteiger charge is 2.19. The molecular weight excluding hydrogens is 206 g/mol. The molecule has 1 heterocycles. The molecule has 1 atom stereocenters. The number of nitrogens with zero attached hydrogens (tertiary/aromatic N) is 1. The molecule has 0 radical (unpaired) electrons. The quantitative estimate of drug-likeness (QED) is 0.714. The Kier molecular flexibility index (Phi) is 4.41. The van der Waals surface area contributed by atoms with Crippen LogP contribution < -0.4 is 0 Å². The van der Waals surface area contributed by atoms with Crippen LogP contribution in [0.2, 0.25) is 0 Å². The van der Waals surface area contributed by atoms with E-state index >= 15 is 0 Å². The normalized spacial score (nSPS) is 21.5. The van der Waals surface area contributed by atoms with Gasteiger partial charge in [-0.3, -0.25) is 4.90 Å². The molecule has 1 heteroatoms. The van der Waals surface area contributed by atoms with E-state index in [0.29, 0.717) is 6.04 Å². The third-order valence-corrected chi connectivity index (χ3v) is 3.31. The molecule has 1 nitrogen and oxygen atoms in total. The molecule has 1 saturated heterocycles. The zero-order valence-electron chi connectivity index (χ0n) is 10.2. The van der Waals surface area contributed by atoms with Gasteiger partial charge in [0, 0.05) is 12.6 Å². The van der Waals surface area contributed by atoms with Crippen molar-refractivity contribution < 1.29 is 0 Å². The number of benzene rings is 1. The minimum absolute atomic E-state index is 0.514. The van der Waals surface area contributed by atoms with Gasteiger partial charge in [-0.2, -0.15) is 0 Å². The second kappa shape index (κ2) is 6.27. The first-order chi connectivity index (χ1) is 8.40. The lowest BCUT2D eigenvalue weighted by molar-refractivity contribution is 0.172. The lowest BCUT2D eigenvalue weighted by Crippen LogP contribution is -2.37. The summed E-state index contributed by atoms with van der Waals surface area (Å²) in [5, 5.41) is 0. The molecule has 1 aliphatic rings. The topological polar surface area (TPSA) is 3.24 Å². The summed E-state index contributed by atoms with van der Waals surface area (Å²) in [4.78, 5) is 2.52. The van der Waals surface area contributed by atoms with E-state index < -0.39 is 0 Å². The second-order valence-corrected chi connectivity index (χ2v) is 4.54. The second-order valence-electron chi connectivity index (χ2n) is 4.54. The van der Waals surface area contributed by atoms with Gasteiger partial charge < -0.3 is 0 Å². The maximum absolute atomic E-state index is 5.29. The van der Waals surface area contributed by atoms with Crippen LogP contribution in [0, 0.1) is 12.3 Å². The Bertz CT molecular complexity index is 399. The number of hydrogen-bond donors (Lipinski definition) is 0. The first-order valence-electron chi connectivity index (χ1n) is 6.31. The predicted molar refractivity (Wildman–Crippen MR) is 72.5 cm³/mol. The van der Waals surface area contributed by atoms with Crippen molar-refractivity contribution >= 4 is 0 Å². The fourth-order valence-electron chi connectivity index (χ4n) is 2.42. The van der Waals surface area contributed by atoms with Gasteiger partial charge >= 0.3 is 0 Å². The maximum Gasteiger partial charge on any atom is 0.0290 e. The van der Waals surface area contributed by atoms with E-state index in [4.69, 9.17) is 6.42 Å². The molecule has 88 valence electrons. The van der Waals surface area contributed by atoms with Crippen LogP contribution in [-0.4, -0.2) is 17.5 Å². The summed E-state index contributed by atoms with van der Waals surface area (Å²) >= 11 is 0. The monoisotopic (exact) mass is 225 g/mol. The molecule has 1 fully saturated rings. The standard InChI is InChI=1S/C16H19N/c1-2-3-11-16-12-7-8-13-17(16)14-15-9-5-4-6-10-15/h1,3-6,9-11,16H,7-8,12-14H2/b11-3+. The first-order valence-corrected chi connectivity index (χ1v) is 6.31. The lowest BCUT2D eigenvalue weighted by Gasteiger charge is -2.33. The number of piperidine rings is 1. The number of terminal acetylenes is 1. The van der Waals surface area contributed by atoms with Gasteiger partial charge in [-0.25, -0.2) is 0 Å². The van der Waals surface area contributed by atoms with Gasteiger partial charge in [0.05, 0.1) is 0 Å². The summed E-state index contributed by atoms with van der Waals surface area (Å²) in [6.07, 6.45) is 13.1. The van der Waals surface area contributed by atoms with E-state index in [1.165, 1.54) is 31.4 Å². The third kappa shape index (κ3) is 3.47. The minimum Gasteiger partial charge on any atom is -0.293 e. The summed E-state index contributed by atoms with van der Waals surface area (Å²) in [7, 11) is 0. The van der Waals surface area contributed by atoms with Crippen LogP contribution in [0.1, 0.15) is 24.8 Å². The molecule has 0 amide bonds. The molecule has 1 unspecified atom stereocenters. The highest BCUT2D eigenvalue weighted by molar-refractivity contribution is 5.16. The van der Waals surface area contributed by atoms with Crippen molar-refractivity contribution in [2.45, 2.75) is 31.8 Å². The molecule has 1 aromatic rings. The Morgan fingerprint density at radius 1 is 1.29 bits per heavy atom. The average molecular weight is 225 g/mol. The summed E-state index contributed by atoms with van der Waals surface area (Å²) < 4.78 is 0. The summed E-state index contributed by atoms with van der Waals surface area (Å²) in [6.45, 7) is 2.20. The van der Waals surface area contributed by atoms with E-state index in [2.05, 4.69) is 47.2 Å². The van der Waals surface area contributed by atoms with Crippen LogP contribution in [-0.2, 0) is 6.54 Å². The molecule has 1 aliphatic heterocycles. The SMILES string of the molecule is C#C/C=C/C1CCCCN1Cc1ccccc1. The summed E-state index contributed by atoms with van der Waals surface area (Å²) in [6, 6.07) is 11.2. The van der Waals surface area contributed by atoms with E-state index in [1.54, 1.807) is 0 Å². The third-order valence-electron chi connectivity index (χ3n) is 3.31. The van der Waals surface area contributed by atoms with Gasteiger partial charge in [0.2, 0.25) is 0 Å². The van der Waals surface area contributed by atoms with Crippen LogP contribution in [0.3, 0.4) is 0 Å². The van der Waals surface area contributed by atoms with Gasteiger partial charge in [0.15, 0.2) is 0 Å². The Hall–Kier alpha value is -1.52. The lowest BCUT2D eigenvalue weighted by atomic mass is 10.0. The minimum atomic E-state index is 0.514. The molecule has 0 aromatic heterocycles. The van der Waals surface area contributed by atoms with Gasteiger partial charge in [-0.1, -0.05) is 48.7 Å². The molecule has 0 spiro atoms.